The molecule has 1 heterocycles. The van der Waals surface area contributed by atoms with Crippen LogP contribution in [0.4, 0.5) is 0 Å². The van der Waals surface area contributed by atoms with E-state index >= 15 is 0 Å². The van der Waals surface area contributed by atoms with Crippen molar-refractivity contribution in [2.24, 2.45) is 0 Å². The molecule has 1 atom stereocenters. The van der Waals surface area contributed by atoms with Crippen LogP contribution in [-0.4, -0.2) is 24.7 Å². The molecular formula is C7H18Cl2N2. The van der Waals surface area contributed by atoms with Gasteiger partial charge in [0.2, 0.25) is 0 Å². The molecule has 2 nitrogen and oxygen atoms in total. The highest BCUT2D eigenvalue weighted by atomic mass is 35.5. The van der Waals surface area contributed by atoms with E-state index in [4.69, 9.17) is 0 Å². The monoisotopic (exact) mass is 200 g/mol. The number of halogens is 2. The Bertz CT molecular complexity index is 107. The highest BCUT2D eigenvalue weighted by molar-refractivity contribution is 5.85. The summed E-state index contributed by atoms with van der Waals surface area (Å²) in [6.45, 7) is 8.82. The van der Waals surface area contributed by atoms with Crippen molar-refractivity contribution in [1.82, 2.24) is 10.6 Å². The third kappa shape index (κ3) is 4.86. The zero-order valence-electron chi connectivity index (χ0n) is 7.31. The van der Waals surface area contributed by atoms with Crippen LogP contribution in [0.15, 0.2) is 0 Å². The second kappa shape index (κ2) is 5.20. The van der Waals surface area contributed by atoms with Gasteiger partial charge in [-0.15, -0.1) is 24.8 Å². The first-order valence-electron chi connectivity index (χ1n) is 3.58. The predicted molar refractivity (Wildman–Crippen MR) is 54.0 cm³/mol. The summed E-state index contributed by atoms with van der Waals surface area (Å²) in [5.74, 6) is 0. The van der Waals surface area contributed by atoms with Crippen LogP contribution in [0.2, 0.25) is 0 Å². The molecule has 0 unspecified atom stereocenters. The van der Waals surface area contributed by atoms with Gasteiger partial charge in [-0.3, -0.25) is 0 Å². The van der Waals surface area contributed by atoms with Crippen molar-refractivity contribution in [3.63, 3.8) is 0 Å². The summed E-state index contributed by atoms with van der Waals surface area (Å²) >= 11 is 0. The fourth-order valence-electron chi connectivity index (χ4n) is 1.37. The molecule has 11 heavy (non-hydrogen) atoms. The lowest BCUT2D eigenvalue weighted by Gasteiger charge is -2.36. The Kier molecular flexibility index (Phi) is 6.64. The number of hydrogen-bond acceptors (Lipinski definition) is 2. The first-order valence-corrected chi connectivity index (χ1v) is 3.58. The lowest BCUT2D eigenvalue weighted by Crippen LogP contribution is -2.59. The third-order valence-corrected chi connectivity index (χ3v) is 1.65. The van der Waals surface area contributed by atoms with Crippen molar-refractivity contribution in [3.05, 3.63) is 0 Å². The van der Waals surface area contributed by atoms with Crippen LogP contribution >= 0.6 is 24.8 Å². The minimum atomic E-state index is 0. The Morgan fingerprint density at radius 3 is 2.09 bits per heavy atom. The van der Waals surface area contributed by atoms with Gasteiger partial charge in [-0.2, -0.15) is 0 Å². The molecule has 1 fully saturated rings. The topological polar surface area (TPSA) is 24.1 Å². The molecule has 0 bridgehead atoms. The van der Waals surface area contributed by atoms with Gasteiger partial charge in [0.05, 0.1) is 0 Å². The summed E-state index contributed by atoms with van der Waals surface area (Å²) in [5.41, 5.74) is 0.289. The van der Waals surface area contributed by atoms with Gasteiger partial charge in [0.15, 0.2) is 0 Å². The molecule has 0 saturated carbocycles. The summed E-state index contributed by atoms with van der Waals surface area (Å²) in [7, 11) is 0. The summed E-state index contributed by atoms with van der Waals surface area (Å²) in [6, 6.07) is 0.619. The summed E-state index contributed by atoms with van der Waals surface area (Å²) in [6.07, 6.45) is 0. The lowest BCUT2D eigenvalue weighted by molar-refractivity contribution is 0.273. The maximum absolute atomic E-state index is 3.49. The molecule has 0 aromatic carbocycles. The van der Waals surface area contributed by atoms with Gasteiger partial charge in [-0.1, -0.05) is 0 Å². The molecular weight excluding hydrogens is 183 g/mol. The second-order valence-corrected chi connectivity index (χ2v) is 3.56. The minimum absolute atomic E-state index is 0. The molecule has 0 radical (unpaired) electrons. The maximum atomic E-state index is 3.49. The van der Waals surface area contributed by atoms with Gasteiger partial charge in [-0.05, 0) is 20.8 Å². The van der Waals surface area contributed by atoms with Crippen LogP contribution in [0.1, 0.15) is 20.8 Å². The molecule has 0 aliphatic carbocycles. The van der Waals surface area contributed by atoms with Gasteiger partial charge in [0.1, 0.15) is 0 Å². The highest BCUT2D eigenvalue weighted by Gasteiger charge is 2.23. The number of rotatable bonds is 0. The van der Waals surface area contributed by atoms with Crippen molar-refractivity contribution >= 4 is 24.8 Å². The Morgan fingerprint density at radius 1 is 1.27 bits per heavy atom. The van der Waals surface area contributed by atoms with E-state index in [2.05, 4.69) is 31.4 Å². The smallest absolute Gasteiger partial charge is 0.0252 e. The lowest BCUT2D eigenvalue weighted by atomic mass is 10.0. The molecule has 1 aliphatic rings. The van der Waals surface area contributed by atoms with Crippen LogP contribution in [0.25, 0.3) is 0 Å². The van der Waals surface area contributed by atoms with Crippen molar-refractivity contribution in [2.45, 2.75) is 32.4 Å². The van der Waals surface area contributed by atoms with E-state index in [1.54, 1.807) is 0 Å². The van der Waals surface area contributed by atoms with Gasteiger partial charge in [0, 0.05) is 24.7 Å². The fourth-order valence-corrected chi connectivity index (χ4v) is 1.37. The second-order valence-electron chi connectivity index (χ2n) is 3.56. The third-order valence-electron chi connectivity index (χ3n) is 1.65. The van der Waals surface area contributed by atoms with E-state index in [0.717, 1.165) is 13.1 Å². The first-order chi connectivity index (χ1) is 4.10. The zero-order chi connectivity index (χ0) is 6.91. The average molecular weight is 201 g/mol. The van der Waals surface area contributed by atoms with Crippen molar-refractivity contribution in [1.29, 1.82) is 0 Å². The van der Waals surface area contributed by atoms with Crippen LogP contribution < -0.4 is 10.6 Å². The predicted octanol–water partition coefficient (Wildman–Crippen LogP) is 1.19. The fraction of sp³-hybridized carbons (Fsp3) is 1.00. The molecule has 1 saturated heterocycles. The minimum Gasteiger partial charge on any atom is -0.313 e. The van der Waals surface area contributed by atoms with Crippen LogP contribution in [0.5, 0.6) is 0 Å². The molecule has 0 spiro atoms. The van der Waals surface area contributed by atoms with E-state index < -0.39 is 0 Å². The normalized spacial score (nSPS) is 28.1. The van der Waals surface area contributed by atoms with Crippen molar-refractivity contribution < 1.29 is 0 Å². The first kappa shape index (κ1) is 14.0. The molecule has 1 aliphatic heterocycles. The van der Waals surface area contributed by atoms with Crippen LogP contribution in [0.3, 0.4) is 0 Å². The molecule has 4 heteroatoms. The zero-order valence-corrected chi connectivity index (χ0v) is 8.94. The number of nitrogens with one attached hydrogen (secondary N) is 2. The highest BCUT2D eigenvalue weighted by Crippen LogP contribution is 2.05. The van der Waals surface area contributed by atoms with E-state index in [9.17, 15) is 0 Å². The largest absolute Gasteiger partial charge is 0.313 e. The Labute approximate surface area is 81.3 Å². The summed E-state index contributed by atoms with van der Waals surface area (Å²) < 4.78 is 0. The molecule has 0 aromatic heterocycles. The standard InChI is InChI=1S/C7H16N2.2ClH/c1-6-4-8-5-7(2,3)9-6;;/h6,8-9H,4-5H2,1-3H3;2*1H/t6-;;/m1../s1. The quantitative estimate of drug-likeness (QED) is 0.615. The van der Waals surface area contributed by atoms with E-state index in [1.165, 1.54) is 0 Å². The molecule has 0 aromatic rings. The van der Waals surface area contributed by atoms with E-state index in [1.807, 2.05) is 0 Å². The SMILES string of the molecule is C[C@@H]1CNCC(C)(C)N1.Cl.Cl. The van der Waals surface area contributed by atoms with Crippen molar-refractivity contribution in [3.8, 4) is 0 Å². The van der Waals surface area contributed by atoms with Crippen LogP contribution in [0, 0.1) is 0 Å². The van der Waals surface area contributed by atoms with E-state index in [-0.39, 0.29) is 30.4 Å². The summed E-state index contributed by atoms with van der Waals surface area (Å²) in [5, 5.41) is 6.86. The summed E-state index contributed by atoms with van der Waals surface area (Å²) in [4.78, 5) is 0. The molecule has 2 N–H and O–H groups in total. The van der Waals surface area contributed by atoms with Gasteiger partial charge in [0.25, 0.3) is 0 Å². The Balaban J connectivity index is 0. The Morgan fingerprint density at radius 2 is 1.82 bits per heavy atom. The number of hydrogen-bond donors (Lipinski definition) is 2. The average Bonchev–Trinajstić information content (AvgIpc) is 1.60. The molecule has 0 amide bonds. The number of piperazine rings is 1. The Hall–Kier alpha value is 0.500. The van der Waals surface area contributed by atoms with Crippen LogP contribution in [-0.2, 0) is 0 Å². The molecule has 1 rings (SSSR count). The van der Waals surface area contributed by atoms with Gasteiger partial charge in [-0.25, -0.2) is 0 Å². The maximum Gasteiger partial charge on any atom is 0.0252 e. The van der Waals surface area contributed by atoms with E-state index in [0.29, 0.717) is 6.04 Å². The van der Waals surface area contributed by atoms with Crippen molar-refractivity contribution in [2.75, 3.05) is 13.1 Å². The molecule has 70 valence electrons. The van der Waals surface area contributed by atoms with Gasteiger partial charge < -0.3 is 10.6 Å². The van der Waals surface area contributed by atoms with Gasteiger partial charge >= 0.3 is 0 Å².